The van der Waals surface area contributed by atoms with Crippen molar-refractivity contribution in [1.29, 1.82) is 0 Å². The first-order valence-electron chi connectivity index (χ1n) is 7.72. The number of carbonyl (C=O) groups is 1. The average Bonchev–Trinajstić information content (AvgIpc) is 2.81. The number of likely N-dealkylation sites (N-methyl/N-ethyl adjacent to an activating group) is 1. The van der Waals surface area contributed by atoms with Gasteiger partial charge in [0, 0.05) is 28.7 Å². The minimum atomic E-state index is -0.434. The Morgan fingerprint density at radius 3 is 2.82 bits per heavy atom. The van der Waals surface area contributed by atoms with E-state index in [4.69, 9.17) is 11.6 Å². The van der Waals surface area contributed by atoms with Gasteiger partial charge in [0.25, 0.3) is 5.91 Å². The molecular weight excluding hydrogens is 300 g/mol. The third-order valence-electron chi connectivity index (χ3n) is 4.67. The van der Waals surface area contributed by atoms with E-state index in [-0.39, 0.29) is 11.9 Å². The van der Waals surface area contributed by atoms with Crippen molar-refractivity contribution in [2.24, 2.45) is 0 Å². The molecule has 1 amide bonds. The second kappa shape index (κ2) is 5.94. The summed E-state index contributed by atoms with van der Waals surface area (Å²) in [4.78, 5) is 17.9. The standard InChI is InChI=1S/C17H21ClN2O2/c1-10-16(12-9-11(18)7-8-13(12)19-10)17(22)20(2)14-5-3-4-6-15(14)21/h7-9,14-15,19,21H,3-6H2,1-2H3/t14-,15-/m1/s1. The smallest absolute Gasteiger partial charge is 0.256 e. The first kappa shape index (κ1) is 15.4. The molecule has 4 nitrogen and oxygen atoms in total. The van der Waals surface area contributed by atoms with Crippen LogP contribution in [0.3, 0.4) is 0 Å². The van der Waals surface area contributed by atoms with Crippen molar-refractivity contribution in [3.05, 3.63) is 34.5 Å². The van der Waals surface area contributed by atoms with Crippen molar-refractivity contribution in [3.63, 3.8) is 0 Å². The molecule has 1 aliphatic carbocycles. The van der Waals surface area contributed by atoms with Crippen LogP contribution in [0.5, 0.6) is 0 Å². The number of aliphatic hydroxyl groups is 1. The molecule has 5 heteroatoms. The third kappa shape index (κ3) is 2.61. The number of aryl methyl sites for hydroxylation is 1. The predicted octanol–water partition coefficient (Wildman–Crippen LogP) is 3.51. The average molecular weight is 321 g/mol. The first-order chi connectivity index (χ1) is 10.5. The van der Waals surface area contributed by atoms with Crippen molar-refractivity contribution < 1.29 is 9.90 Å². The second-order valence-corrected chi connectivity index (χ2v) is 6.59. The lowest BCUT2D eigenvalue weighted by Gasteiger charge is -2.35. The van der Waals surface area contributed by atoms with Gasteiger partial charge in [-0.1, -0.05) is 24.4 Å². The van der Waals surface area contributed by atoms with Crippen molar-refractivity contribution >= 4 is 28.4 Å². The molecular formula is C17H21ClN2O2. The van der Waals surface area contributed by atoms with Crippen LogP contribution in [0.2, 0.25) is 5.02 Å². The number of benzene rings is 1. The molecule has 1 heterocycles. The largest absolute Gasteiger partial charge is 0.391 e. The maximum Gasteiger partial charge on any atom is 0.256 e. The molecule has 0 saturated heterocycles. The summed E-state index contributed by atoms with van der Waals surface area (Å²) in [6.07, 6.45) is 3.27. The lowest BCUT2D eigenvalue weighted by molar-refractivity contribution is 0.0268. The molecule has 2 aromatic rings. The molecule has 0 aliphatic heterocycles. The highest BCUT2D eigenvalue weighted by Crippen LogP contribution is 2.29. The number of nitrogens with one attached hydrogen (secondary N) is 1. The summed E-state index contributed by atoms with van der Waals surface area (Å²) in [6, 6.07) is 5.41. The summed E-state index contributed by atoms with van der Waals surface area (Å²) in [5, 5.41) is 11.6. The first-order valence-corrected chi connectivity index (χ1v) is 8.10. The van der Waals surface area contributed by atoms with Crippen LogP contribution in [0.1, 0.15) is 41.7 Å². The Morgan fingerprint density at radius 1 is 1.36 bits per heavy atom. The lowest BCUT2D eigenvalue weighted by Crippen LogP contribution is -2.46. The van der Waals surface area contributed by atoms with E-state index in [1.54, 1.807) is 11.9 Å². The summed E-state index contributed by atoms with van der Waals surface area (Å²) in [5.74, 6) is -0.0584. The predicted molar refractivity (Wildman–Crippen MR) is 88.4 cm³/mol. The maximum atomic E-state index is 12.9. The van der Waals surface area contributed by atoms with E-state index in [2.05, 4.69) is 4.98 Å². The number of halogens is 1. The van der Waals surface area contributed by atoms with E-state index < -0.39 is 6.10 Å². The zero-order valence-corrected chi connectivity index (χ0v) is 13.7. The van der Waals surface area contributed by atoms with Crippen molar-refractivity contribution in [3.8, 4) is 0 Å². The summed E-state index contributed by atoms with van der Waals surface area (Å²) in [5.41, 5.74) is 2.39. The van der Waals surface area contributed by atoms with E-state index in [9.17, 15) is 9.90 Å². The third-order valence-corrected chi connectivity index (χ3v) is 4.91. The molecule has 0 radical (unpaired) electrons. The summed E-state index contributed by atoms with van der Waals surface area (Å²) in [7, 11) is 1.78. The van der Waals surface area contributed by atoms with Gasteiger partial charge in [0.15, 0.2) is 0 Å². The van der Waals surface area contributed by atoms with Gasteiger partial charge in [0.05, 0.1) is 17.7 Å². The lowest BCUT2D eigenvalue weighted by atomic mass is 9.91. The number of rotatable bonds is 2. The van der Waals surface area contributed by atoms with Crippen LogP contribution in [0.25, 0.3) is 10.9 Å². The van der Waals surface area contributed by atoms with Gasteiger partial charge in [-0.25, -0.2) is 0 Å². The fraction of sp³-hybridized carbons (Fsp3) is 0.471. The number of aliphatic hydroxyl groups excluding tert-OH is 1. The number of nitrogens with zero attached hydrogens (tertiary/aromatic N) is 1. The number of hydrogen-bond acceptors (Lipinski definition) is 2. The normalized spacial score (nSPS) is 22.0. The van der Waals surface area contributed by atoms with E-state index in [0.717, 1.165) is 42.3 Å². The summed E-state index contributed by atoms with van der Waals surface area (Å²) >= 11 is 6.08. The van der Waals surface area contributed by atoms with Crippen LogP contribution in [0.4, 0.5) is 0 Å². The van der Waals surface area contributed by atoms with Gasteiger partial charge >= 0.3 is 0 Å². The minimum absolute atomic E-state index is 0.0584. The van der Waals surface area contributed by atoms with E-state index in [1.807, 2.05) is 25.1 Å². The molecule has 1 aliphatic rings. The number of amides is 1. The highest BCUT2D eigenvalue weighted by Gasteiger charge is 2.31. The SMILES string of the molecule is Cc1[nH]c2ccc(Cl)cc2c1C(=O)N(C)[C@@H]1CCCC[C@H]1O. The zero-order chi connectivity index (χ0) is 15.9. The van der Waals surface area contributed by atoms with Crippen LogP contribution >= 0.6 is 11.6 Å². The fourth-order valence-electron chi connectivity index (χ4n) is 3.44. The molecule has 1 aromatic carbocycles. The fourth-order valence-corrected chi connectivity index (χ4v) is 3.62. The van der Waals surface area contributed by atoms with Gasteiger partial charge in [-0.2, -0.15) is 0 Å². The van der Waals surface area contributed by atoms with E-state index >= 15 is 0 Å². The Bertz CT molecular complexity index is 710. The Balaban J connectivity index is 1.97. The summed E-state index contributed by atoms with van der Waals surface area (Å²) < 4.78 is 0. The number of aromatic nitrogens is 1. The Hall–Kier alpha value is -1.52. The molecule has 2 atom stereocenters. The van der Waals surface area contributed by atoms with Crippen molar-refractivity contribution in [1.82, 2.24) is 9.88 Å². The molecule has 0 spiro atoms. The van der Waals surface area contributed by atoms with Gasteiger partial charge in [0.1, 0.15) is 0 Å². The zero-order valence-electron chi connectivity index (χ0n) is 12.9. The number of hydrogen-bond donors (Lipinski definition) is 2. The van der Waals surface area contributed by atoms with Crippen LogP contribution < -0.4 is 0 Å². The Labute approximate surface area is 135 Å². The number of fused-ring (bicyclic) bond motifs is 1. The van der Waals surface area contributed by atoms with Gasteiger partial charge in [0.2, 0.25) is 0 Å². The van der Waals surface area contributed by atoms with Gasteiger partial charge in [-0.3, -0.25) is 4.79 Å². The summed E-state index contributed by atoms with van der Waals surface area (Å²) in [6.45, 7) is 1.90. The highest BCUT2D eigenvalue weighted by molar-refractivity contribution is 6.31. The van der Waals surface area contributed by atoms with Gasteiger partial charge < -0.3 is 15.0 Å². The Kier molecular flexibility index (Phi) is 4.15. The van der Waals surface area contributed by atoms with Crippen LogP contribution in [-0.2, 0) is 0 Å². The molecule has 1 fully saturated rings. The molecule has 1 aromatic heterocycles. The molecule has 1 saturated carbocycles. The molecule has 118 valence electrons. The molecule has 0 bridgehead atoms. The van der Waals surface area contributed by atoms with Gasteiger partial charge in [-0.15, -0.1) is 0 Å². The minimum Gasteiger partial charge on any atom is -0.391 e. The van der Waals surface area contributed by atoms with Crippen LogP contribution in [0.15, 0.2) is 18.2 Å². The quantitative estimate of drug-likeness (QED) is 0.889. The van der Waals surface area contributed by atoms with Crippen molar-refractivity contribution in [2.75, 3.05) is 7.05 Å². The molecule has 2 N–H and O–H groups in total. The van der Waals surface area contributed by atoms with Crippen molar-refractivity contribution in [2.45, 2.75) is 44.8 Å². The molecule has 3 rings (SSSR count). The number of carbonyl (C=O) groups excluding carboxylic acids is 1. The van der Waals surface area contributed by atoms with Crippen LogP contribution in [-0.4, -0.2) is 40.1 Å². The highest BCUT2D eigenvalue weighted by atomic mass is 35.5. The van der Waals surface area contributed by atoms with Gasteiger partial charge in [-0.05, 0) is 38.0 Å². The molecule has 0 unspecified atom stereocenters. The van der Waals surface area contributed by atoms with Crippen LogP contribution in [0, 0.1) is 6.92 Å². The monoisotopic (exact) mass is 320 g/mol. The Morgan fingerprint density at radius 2 is 2.09 bits per heavy atom. The maximum absolute atomic E-state index is 12.9. The second-order valence-electron chi connectivity index (χ2n) is 6.15. The van der Waals surface area contributed by atoms with E-state index in [1.165, 1.54) is 0 Å². The topological polar surface area (TPSA) is 56.3 Å². The number of aromatic amines is 1. The number of H-pyrrole nitrogens is 1. The molecule has 22 heavy (non-hydrogen) atoms. The van der Waals surface area contributed by atoms with E-state index in [0.29, 0.717) is 10.6 Å².